The molecule has 1 aromatic heterocycles. The van der Waals surface area contributed by atoms with E-state index in [1.807, 2.05) is 67.6 Å². The average Bonchev–Trinajstić information content (AvgIpc) is 3.48. The Morgan fingerprint density at radius 1 is 0.947 bits per heavy atom. The number of sulfonamides is 1. The van der Waals surface area contributed by atoms with Crippen LogP contribution in [0.4, 0.5) is 5.69 Å². The molecule has 1 amide bonds. The van der Waals surface area contributed by atoms with Gasteiger partial charge in [-0.1, -0.05) is 66.7 Å². The highest BCUT2D eigenvalue weighted by molar-refractivity contribution is 7.89. The lowest BCUT2D eigenvalue weighted by molar-refractivity contribution is -0.120. The zero-order valence-electron chi connectivity index (χ0n) is 20.5. The van der Waals surface area contributed by atoms with Crippen LogP contribution in [0.1, 0.15) is 16.7 Å². The fourth-order valence-electron chi connectivity index (χ4n) is 4.83. The minimum atomic E-state index is -4.00. The first-order valence-corrected chi connectivity index (χ1v) is 13.6. The molecule has 1 aliphatic heterocycles. The third-order valence-corrected chi connectivity index (χ3v) is 8.79. The van der Waals surface area contributed by atoms with Crippen LogP contribution in [0, 0.1) is 6.92 Å². The molecule has 190 valence electrons. The van der Waals surface area contributed by atoms with Gasteiger partial charge in [-0.3, -0.25) is 4.79 Å². The van der Waals surface area contributed by atoms with Gasteiger partial charge in [-0.05, 0) is 64.2 Å². The fraction of sp³-hybridized carbons (Fsp3) is 0.143. The van der Waals surface area contributed by atoms with Crippen molar-refractivity contribution >= 4 is 32.4 Å². The maximum atomic E-state index is 14.0. The predicted octanol–water partition coefficient (Wildman–Crippen LogP) is 4.08. The summed E-state index contributed by atoms with van der Waals surface area (Å²) in [6.45, 7) is 1.97. The highest BCUT2D eigenvalue weighted by atomic mass is 32.2. The molecular weight excluding hydrogens is 500 g/mol. The number of H-pyrrole nitrogens is 1. The number of aryl methyl sites for hydroxylation is 1. The number of hydrogen-bond acceptors (Lipinski definition) is 6. The van der Waals surface area contributed by atoms with Crippen LogP contribution >= 0.6 is 0 Å². The van der Waals surface area contributed by atoms with E-state index in [0.29, 0.717) is 17.1 Å². The summed E-state index contributed by atoms with van der Waals surface area (Å²) in [5.41, 5.74) is 3.89. The first kappa shape index (κ1) is 24.0. The van der Waals surface area contributed by atoms with E-state index in [4.69, 9.17) is 0 Å². The second-order valence-electron chi connectivity index (χ2n) is 9.30. The number of nitrogens with zero attached hydrogens (tertiary/aromatic N) is 4. The highest BCUT2D eigenvalue weighted by Gasteiger charge is 2.39. The van der Waals surface area contributed by atoms with Crippen molar-refractivity contribution in [2.75, 3.05) is 5.32 Å². The molecule has 5 aromatic rings. The van der Waals surface area contributed by atoms with Gasteiger partial charge in [0.05, 0.1) is 4.90 Å². The largest absolute Gasteiger partial charge is 0.324 e. The molecule has 0 bridgehead atoms. The first-order valence-electron chi connectivity index (χ1n) is 12.1. The Kier molecular flexibility index (Phi) is 5.97. The Balaban J connectivity index is 1.37. The van der Waals surface area contributed by atoms with Crippen molar-refractivity contribution in [2.24, 2.45) is 0 Å². The van der Waals surface area contributed by atoms with Crippen molar-refractivity contribution in [3.05, 3.63) is 102 Å². The van der Waals surface area contributed by atoms with Crippen molar-refractivity contribution in [1.29, 1.82) is 0 Å². The fourth-order valence-corrected chi connectivity index (χ4v) is 6.44. The van der Waals surface area contributed by atoms with Crippen molar-refractivity contribution in [2.45, 2.75) is 30.8 Å². The van der Waals surface area contributed by atoms with Crippen LogP contribution in [0.25, 0.3) is 22.2 Å². The van der Waals surface area contributed by atoms with E-state index in [2.05, 4.69) is 25.9 Å². The molecule has 6 rings (SSSR count). The number of hydrogen-bond donors (Lipinski definition) is 2. The Hall–Kier alpha value is -4.41. The second-order valence-corrected chi connectivity index (χ2v) is 11.2. The van der Waals surface area contributed by atoms with Crippen LogP contribution in [0.5, 0.6) is 0 Å². The SMILES string of the molecule is Cc1ccc(-c2nn[nH]n2)cc1NC(=O)C1Cc2ccccc2CN1S(=O)(=O)c1ccc2ccccc2c1. The maximum Gasteiger partial charge on any atom is 0.244 e. The zero-order chi connectivity index (χ0) is 26.3. The van der Waals surface area contributed by atoms with E-state index in [9.17, 15) is 13.2 Å². The summed E-state index contributed by atoms with van der Waals surface area (Å²) in [4.78, 5) is 13.9. The van der Waals surface area contributed by atoms with E-state index in [-0.39, 0.29) is 17.9 Å². The number of nitrogens with one attached hydrogen (secondary N) is 2. The molecule has 0 saturated heterocycles. The van der Waals surface area contributed by atoms with Crippen molar-refractivity contribution in [3.63, 3.8) is 0 Å². The highest BCUT2D eigenvalue weighted by Crippen LogP contribution is 2.32. The van der Waals surface area contributed by atoms with Gasteiger partial charge in [-0.2, -0.15) is 9.52 Å². The number of aromatic nitrogens is 4. The lowest BCUT2D eigenvalue weighted by Gasteiger charge is -2.35. The van der Waals surface area contributed by atoms with Crippen molar-refractivity contribution in [1.82, 2.24) is 24.9 Å². The molecule has 0 aliphatic carbocycles. The lowest BCUT2D eigenvalue weighted by Crippen LogP contribution is -2.50. The summed E-state index contributed by atoms with van der Waals surface area (Å²) < 4.78 is 29.3. The van der Waals surface area contributed by atoms with Gasteiger partial charge >= 0.3 is 0 Å². The van der Waals surface area contributed by atoms with Gasteiger partial charge in [0.1, 0.15) is 6.04 Å². The molecule has 1 unspecified atom stereocenters. The Morgan fingerprint density at radius 3 is 2.50 bits per heavy atom. The molecule has 0 fully saturated rings. The molecule has 0 spiro atoms. The monoisotopic (exact) mass is 524 g/mol. The number of amides is 1. The van der Waals surface area contributed by atoms with Crippen LogP contribution < -0.4 is 5.32 Å². The number of fused-ring (bicyclic) bond motifs is 2. The average molecular weight is 525 g/mol. The summed E-state index contributed by atoms with van der Waals surface area (Å²) in [7, 11) is -4.00. The lowest BCUT2D eigenvalue weighted by atomic mass is 9.95. The second kappa shape index (κ2) is 9.47. The van der Waals surface area contributed by atoms with Gasteiger partial charge in [0, 0.05) is 17.8 Å². The van der Waals surface area contributed by atoms with Crippen LogP contribution in [-0.2, 0) is 27.8 Å². The van der Waals surface area contributed by atoms with Crippen LogP contribution in [0.3, 0.4) is 0 Å². The minimum Gasteiger partial charge on any atom is -0.324 e. The smallest absolute Gasteiger partial charge is 0.244 e. The number of benzene rings is 4. The minimum absolute atomic E-state index is 0.102. The molecule has 2 heterocycles. The number of carbonyl (C=O) groups is 1. The summed E-state index contributed by atoms with van der Waals surface area (Å²) >= 11 is 0. The van der Waals surface area contributed by atoms with E-state index in [1.54, 1.807) is 24.3 Å². The van der Waals surface area contributed by atoms with Gasteiger partial charge in [0.2, 0.25) is 21.8 Å². The molecule has 0 radical (unpaired) electrons. The van der Waals surface area contributed by atoms with Crippen molar-refractivity contribution < 1.29 is 13.2 Å². The van der Waals surface area contributed by atoms with Gasteiger partial charge in [-0.25, -0.2) is 8.42 Å². The molecule has 2 N–H and O–H groups in total. The molecule has 0 saturated carbocycles. The number of tetrazole rings is 1. The van der Waals surface area contributed by atoms with E-state index < -0.39 is 22.0 Å². The first-order chi connectivity index (χ1) is 18.4. The van der Waals surface area contributed by atoms with E-state index in [1.165, 1.54) is 4.31 Å². The predicted molar refractivity (Wildman–Crippen MR) is 144 cm³/mol. The quantitative estimate of drug-likeness (QED) is 0.357. The van der Waals surface area contributed by atoms with Gasteiger partial charge in [0.15, 0.2) is 0 Å². The molecule has 1 aliphatic rings. The standard InChI is InChI=1S/C28H24N6O3S/c1-18-10-11-22(27-30-32-33-31-27)15-25(18)29-28(35)26-16-21-8-4-5-9-23(21)17-34(26)38(36,37)24-13-12-19-6-2-3-7-20(19)14-24/h2-15,26H,16-17H2,1H3,(H,29,35)(H,30,31,32,33). The number of rotatable bonds is 5. The number of anilines is 1. The summed E-state index contributed by atoms with van der Waals surface area (Å²) in [6.07, 6.45) is 0.262. The molecular formula is C28H24N6O3S. The molecule has 1 atom stereocenters. The number of carbonyl (C=O) groups excluding carboxylic acids is 1. The molecule has 9 nitrogen and oxygen atoms in total. The Labute approximate surface area is 219 Å². The number of aromatic amines is 1. The summed E-state index contributed by atoms with van der Waals surface area (Å²) in [5.74, 6) is -0.00942. The third-order valence-electron chi connectivity index (χ3n) is 6.93. The molecule has 10 heteroatoms. The Bertz CT molecular complexity index is 1770. The van der Waals surface area contributed by atoms with E-state index in [0.717, 1.165) is 27.5 Å². The van der Waals surface area contributed by atoms with Crippen LogP contribution in [0.2, 0.25) is 0 Å². The third kappa shape index (κ3) is 4.33. The van der Waals surface area contributed by atoms with Crippen LogP contribution in [-0.4, -0.2) is 45.3 Å². The van der Waals surface area contributed by atoms with E-state index >= 15 is 0 Å². The van der Waals surface area contributed by atoms with Gasteiger partial charge in [0.25, 0.3) is 0 Å². The normalized spacial score (nSPS) is 15.8. The summed E-state index contributed by atoms with van der Waals surface area (Å²) in [6, 6.07) is 24.8. The zero-order valence-corrected chi connectivity index (χ0v) is 21.3. The summed E-state index contributed by atoms with van der Waals surface area (Å²) in [5, 5.41) is 18.8. The van der Waals surface area contributed by atoms with Gasteiger partial charge in [-0.15, -0.1) is 10.2 Å². The van der Waals surface area contributed by atoms with Crippen LogP contribution in [0.15, 0.2) is 89.8 Å². The topological polar surface area (TPSA) is 121 Å². The van der Waals surface area contributed by atoms with Crippen molar-refractivity contribution in [3.8, 4) is 11.4 Å². The Morgan fingerprint density at radius 2 is 1.71 bits per heavy atom. The maximum absolute atomic E-state index is 14.0. The molecule has 38 heavy (non-hydrogen) atoms. The molecule has 4 aromatic carbocycles. The van der Waals surface area contributed by atoms with Gasteiger partial charge < -0.3 is 5.32 Å².